The Morgan fingerprint density at radius 1 is 1.03 bits per heavy atom. The minimum Gasteiger partial charge on any atom is -0.444 e. The topological polar surface area (TPSA) is 87.7 Å². The van der Waals surface area contributed by atoms with Gasteiger partial charge in [-0.25, -0.2) is 4.79 Å². The van der Waals surface area contributed by atoms with Crippen LogP contribution in [0.5, 0.6) is 0 Å². The van der Waals surface area contributed by atoms with Gasteiger partial charge in [0.25, 0.3) is 5.91 Å². The lowest BCUT2D eigenvalue weighted by Gasteiger charge is -2.36. The zero-order valence-corrected chi connectivity index (χ0v) is 25.5. The first kappa shape index (κ1) is 32.2. The molecule has 2 N–H and O–H groups in total. The second-order valence-electron chi connectivity index (χ2n) is 11.2. The number of rotatable bonds is 10. The SMILES string of the molecule is CCCN(C(=O)C(NC(=O)OC(C)(C)C)C(C)CC)C(C(=O)Nc1c(C)cccc1Cl)c1ccc(C)cc1C. The van der Waals surface area contributed by atoms with Gasteiger partial charge in [0.1, 0.15) is 17.7 Å². The van der Waals surface area contributed by atoms with Crippen LogP contribution in [0.15, 0.2) is 36.4 Å². The van der Waals surface area contributed by atoms with Gasteiger partial charge in [0.05, 0.1) is 10.7 Å². The van der Waals surface area contributed by atoms with E-state index in [1.165, 1.54) is 0 Å². The molecule has 0 aliphatic rings. The Labute approximate surface area is 238 Å². The fourth-order valence-corrected chi connectivity index (χ4v) is 4.74. The molecule has 0 heterocycles. The molecule has 0 saturated heterocycles. The number of carbonyl (C=O) groups excluding carboxylic acids is 3. The highest BCUT2D eigenvalue weighted by atomic mass is 35.5. The molecule has 0 saturated carbocycles. The van der Waals surface area contributed by atoms with Crippen molar-refractivity contribution in [2.45, 2.75) is 92.8 Å². The first-order valence-electron chi connectivity index (χ1n) is 13.6. The Morgan fingerprint density at radius 2 is 1.69 bits per heavy atom. The number of aryl methyl sites for hydroxylation is 3. The lowest BCUT2D eigenvalue weighted by atomic mass is 9.93. The Hall–Kier alpha value is -3.06. The van der Waals surface area contributed by atoms with E-state index in [2.05, 4.69) is 10.6 Å². The number of hydrogen-bond acceptors (Lipinski definition) is 4. The van der Waals surface area contributed by atoms with Crippen molar-refractivity contribution in [3.05, 3.63) is 63.7 Å². The highest BCUT2D eigenvalue weighted by Gasteiger charge is 2.38. The molecule has 2 aromatic carbocycles. The van der Waals surface area contributed by atoms with Crippen LogP contribution >= 0.6 is 11.6 Å². The fraction of sp³-hybridized carbons (Fsp3) is 0.516. The second kappa shape index (κ2) is 13.8. The summed E-state index contributed by atoms with van der Waals surface area (Å²) < 4.78 is 5.47. The van der Waals surface area contributed by atoms with Crippen LogP contribution in [0.25, 0.3) is 0 Å². The molecule has 214 valence electrons. The van der Waals surface area contributed by atoms with E-state index in [1.54, 1.807) is 31.7 Å². The summed E-state index contributed by atoms with van der Waals surface area (Å²) in [6.07, 6.45) is 0.591. The van der Waals surface area contributed by atoms with Gasteiger partial charge in [-0.1, -0.05) is 74.7 Å². The standard InChI is InChI=1S/C31H44ClN3O4/c1-10-17-35(29(37)26(20(4)11-2)34-30(38)39-31(7,8)9)27(23-16-15-19(3)18-22(23)6)28(36)33-25-21(5)13-12-14-24(25)32/h12-16,18,20,26-27H,10-11,17H2,1-9H3,(H,33,36)(H,34,38). The number of ether oxygens (including phenoxy) is 1. The summed E-state index contributed by atoms with van der Waals surface area (Å²) in [6.45, 7) is 17.2. The highest BCUT2D eigenvalue weighted by Crippen LogP contribution is 2.31. The largest absolute Gasteiger partial charge is 0.444 e. The van der Waals surface area contributed by atoms with E-state index in [0.717, 1.165) is 16.7 Å². The van der Waals surface area contributed by atoms with Crippen molar-refractivity contribution in [1.82, 2.24) is 10.2 Å². The van der Waals surface area contributed by atoms with Crippen molar-refractivity contribution in [2.24, 2.45) is 5.92 Å². The third kappa shape index (κ3) is 8.72. The van der Waals surface area contributed by atoms with Crippen LogP contribution in [0, 0.1) is 26.7 Å². The predicted octanol–water partition coefficient (Wildman–Crippen LogP) is 7.12. The molecular formula is C31H44ClN3O4. The summed E-state index contributed by atoms with van der Waals surface area (Å²) in [5, 5.41) is 6.20. The lowest BCUT2D eigenvalue weighted by Crippen LogP contribution is -2.55. The van der Waals surface area contributed by atoms with Gasteiger partial charge in [-0.15, -0.1) is 0 Å². The van der Waals surface area contributed by atoms with Crippen LogP contribution in [0.3, 0.4) is 0 Å². The number of halogens is 1. The summed E-state index contributed by atoms with van der Waals surface area (Å²) in [5.74, 6) is -0.911. The van der Waals surface area contributed by atoms with E-state index in [1.807, 2.05) is 71.9 Å². The first-order chi connectivity index (χ1) is 18.2. The molecular weight excluding hydrogens is 514 g/mol. The van der Waals surface area contributed by atoms with Gasteiger partial charge in [-0.05, 0) is 76.6 Å². The summed E-state index contributed by atoms with van der Waals surface area (Å²) in [7, 11) is 0. The molecule has 39 heavy (non-hydrogen) atoms. The van der Waals surface area contributed by atoms with Crippen molar-refractivity contribution in [3.63, 3.8) is 0 Å². The summed E-state index contributed by atoms with van der Waals surface area (Å²) >= 11 is 6.44. The predicted molar refractivity (Wildman–Crippen MR) is 158 cm³/mol. The van der Waals surface area contributed by atoms with Crippen LogP contribution in [-0.4, -0.2) is 41.0 Å². The smallest absolute Gasteiger partial charge is 0.408 e. The minimum atomic E-state index is -0.944. The van der Waals surface area contributed by atoms with E-state index in [4.69, 9.17) is 16.3 Å². The lowest BCUT2D eigenvalue weighted by molar-refractivity contribution is -0.142. The van der Waals surface area contributed by atoms with Crippen LogP contribution in [-0.2, 0) is 14.3 Å². The fourth-order valence-electron chi connectivity index (χ4n) is 4.47. The number of nitrogens with one attached hydrogen (secondary N) is 2. The molecule has 3 amide bonds. The van der Waals surface area contributed by atoms with Crippen molar-refractivity contribution in [1.29, 1.82) is 0 Å². The van der Waals surface area contributed by atoms with Crippen molar-refractivity contribution >= 4 is 35.2 Å². The maximum absolute atomic E-state index is 14.3. The molecule has 3 atom stereocenters. The number of anilines is 1. The number of benzene rings is 2. The number of carbonyl (C=O) groups is 3. The molecule has 2 aromatic rings. The van der Waals surface area contributed by atoms with Crippen molar-refractivity contribution in [2.75, 3.05) is 11.9 Å². The van der Waals surface area contributed by atoms with Crippen molar-refractivity contribution < 1.29 is 19.1 Å². The van der Waals surface area contributed by atoms with Gasteiger partial charge in [0, 0.05) is 6.54 Å². The summed E-state index contributed by atoms with van der Waals surface area (Å²) in [4.78, 5) is 42.7. The van der Waals surface area contributed by atoms with Crippen molar-refractivity contribution in [3.8, 4) is 0 Å². The Morgan fingerprint density at radius 3 is 2.23 bits per heavy atom. The number of hydrogen-bond donors (Lipinski definition) is 2. The van der Waals surface area contributed by atoms with Gasteiger partial charge in [-0.3, -0.25) is 9.59 Å². The molecule has 0 spiro atoms. The Bertz CT molecular complexity index is 1150. The number of para-hydroxylation sites is 1. The molecule has 8 heteroatoms. The zero-order valence-electron chi connectivity index (χ0n) is 24.8. The molecule has 7 nitrogen and oxygen atoms in total. The maximum atomic E-state index is 14.3. The Kier molecular flexibility index (Phi) is 11.4. The molecule has 0 aromatic heterocycles. The van der Waals surface area contributed by atoms with Gasteiger partial charge in [0.2, 0.25) is 5.91 Å². The quantitative estimate of drug-likeness (QED) is 0.325. The molecule has 0 fully saturated rings. The summed E-state index contributed by atoms with van der Waals surface area (Å²) in [5.41, 5.74) is 3.25. The molecule has 0 bridgehead atoms. The van der Waals surface area contributed by atoms with E-state index >= 15 is 0 Å². The van der Waals surface area contributed by atoms with Gasteiger partial charge in [-0.2, -0.15) is 0 Å². The monoisotopic (exact) mass is 557 g/mol. The van der Waals surface area contributed by atoms with Crippen LogP contribution < -0.4 is 10.6 Å². The zero-order chi connectivity index (χ0) is 29.5. The second-order valence-corrected chi connectivity index (χ2v) is 11.6. The normalized spacial score (nSPS) is 13.7. The number of alkyl carbamates (subject to hydrolysis) is 1. The van der Waals surface area contributed by atoms with Crippen LogP contribution in [0.4, 0.5) is 10.5 Å². The van der Waals surface area contributed by atoms with Gasteiger partial charge in [0.15, 0.2) is 0 Å². The first-order valence-corrected chi connectivity index (χ1v) is 14.0. The van der Waals surface area contributed by atoms with E-state index in [-0.39, 0.29) is 17.7 Å². The van der Waals surface area contributed by atoms with E-state index in [0.29, 0.717) is 35.7 Å². The molecule has 0 radical (unpaired) electrons. The highest BCUT2D eigenvalue weighted by molar-refractivity contribution is 6.34. The van der Waals surface area contributed by atoms with Crippen LogP contribution in [0.1, 0.15) is 82.7 Å². The van der Waals surface area contributed by atoms with Crippen LogP contribution in [0.2, 0.25) is 5.02 Å². The van der Waals surface area contributed by atoms with E-state index in [9.17, 15) is 14.4 Å². The third-order valence-electron chi connectivity index (χ3n) is 6.65. The molecule has 0 aliphatic carbocycles. The average molecular weight is 558 g/mol. The minimum absolute atomic E-state index is 0.196. The maximum Gasteiger partial charge on any atom is 0.408 e. The Balaban J connectivity index is 2.61. The molecule has 0 aliphatic heterocycles. The molecule has 2 rings (SSSR count). The number of amides is 3. The van der Waals surface area contributed by atoms with Gasteiger partial charge < -0.3 is 20.3 Å². The van der Waals surface area contributed by atoms with Gasteiger partial charge >= 0.3 is 6.09 Å². The average Bonchev–Trinajstić information content (AvgIpc) is 2.83. The molecule has 3 unspecified atom stereocenters. The number of nitrogens with zero attached hydrogens (tertiary/aromatic N) is 1. The summed E-state index contributed by atoms with van der Waals surface area (Å²) in [6, 6.07) is 9.41. The third-order valence-corrected chi connectivity index (χ3v) is 6.96. The van der Waals surface area contributed by atoms with E-state index < -0.39 is 23.8 Å².